The van der Waals surface area contributed by atoms with Crippen LogP contribution < -0.4 is 0 Å². The maximum atomic E-state index is 13.1. The summed E-state index contributed by atoms with van der Waals surface area (Å²) >= 11 is 0. The molecular formula is C16H25NO3S. The Hall–Kier alpha value is -0.910. The highest BCUT2D eigenvalue weighted by molar-refractivity contribution is 7.89. The number of rotatable bonds is 2. The fraction of sp³-hybridized carbons (Fsp3) is 0.625. The van der Waals surface area contributed by atoms with Gasteiger partial charge in [0.25, 0.3) is 0 Å². The van der Waals surface area contributed by atoms with Crippen molar-refractivity contribution in [2.45, 2.75) is 58.6 Å². The predicted molar refractivity (Wildman–Crippen MR) is 84.2 cm³/mol. The Morgan fingerprint density at radius 2 is 1.43 bits per heavy atom. The van der Waals surface area contributed by atoms with Gasteiger partial charge in [-0.25, -0.2) is 8.42 Å². The minimum Gasteiger partial charge on any atom is -0.373 e. The summed E-state index contributed by atoms with van der Waals surface area (Å²) < 4.78 is 33.4. The molecule has 0 unspecified atom stereocenters. The molecule has 118 valence electrons. The van der Waals surface area contributed by atoms with Crippen LogP contribution in [0, 0.1) is 27.7 Å². The molecule has 0 aliphatic carbocycles. The van der Waals surface area contributed by atoms with Crippen LogP contribution in [0.2, 0.25) is 0 Å². The lowest BCUT2D eigenvalue weighted by molar-refractivity contribution is -0.0441. The highest BCUT2D eigenvalue weighted by Gasteiger charge is 2.34. The second kappa shape index (κ2) is 5.71. The quantitative estimate of drug-likeness (QED) is 0.843. The van der Waals surface area contributed by atoms with Gasteiger partial charge in [-0.05, 0) is 63.8 Å². The Morgan fingerprint density at radius 1 is 1.00 bits per heavy atom. The summed E-state index contributed by atoms with van der Waals surface area (Å²) in [6, 6.07) is 2.05. The van der Waals surface area contributed by atoms with Crippen LogP contribution in [0.5, 0.6) is 0 Å². The Morgan fingerprint density at radius 3 is 1.86 bits per heavy atom. The molecule has 4 nitrogen and oxygen atoms in total. The molecular weight excluding hydrogens is 286 g/mol. The molecule has 0 bridgehead atoms. The van der Waals surface area contributed by atoms with Gasteiger partial charge in [-0.15, -0.1) is 0 Å². The zero-order chi connectivity index (χ0) is 15.9. The van der Waals surface area contributed by atoms with Crippen molar-refractivity contribution in [2.75, 3.05) is 13.1 Å². The van der Waals surface area contributed by atoms with Crippen molar-refractivity contribution in [1.82, 2.24) is 4.31 Å². The van der Waals surface area contributed by atoms with Crippen molar-refractivity contribution >= 4 is 10.0 Å². The van der Waals surface area contributed by atoms with Gasteiger partial charge in [0.2, 0.25) is 10.0 Å². The van der Waals surface area contributed by atoms with Crippen LogP contribution in [0.25, 0.3) is 0 Å². The molecule has 0 N–H and O–H groups in total. The van der Waals surface area contributed by atoms with Gasteiger partial charge in [0.15, 0.2) is 0 Å². The smallest absolute Gasteiger partial charge is 0.243 e. The van der Waals surface area contributed by atoms with Crippen molar-refractivity contribution in [1.29, 1.82) is 0 Å². The molecule has 1 heterocycles. The summed E-state index contributed by atoms with van der Waals surface area (Å²) in [4.78, 5) is 0.473. The molecule has 0 saturated carbocycles. The summed E-state index contributed by atoms with van der Waals surface area (Å²) in [6.45, 7) is 12.4. The molecule has 1 fully saturated rings. The average Bonchev–Trinajstić information content (AvgIpc) is 2.35. The van der Waals surface area contributed by atoms with E-state index in [0.29, 0.717) is 18.0 Å². The van der Waals surface area contributed by atoms with E-state index >= 15 is 0 Å². The van der Waals surface area contributed by atoms with Crippen LogP contribution in [0.1, 0.15) is 36.1 Å². The van der Waals surface area contributed by atoms with E-state index in [0.717, 1.165) is 22.3 Å². The molecule has 21 heavy (non-hydrogen) atoms. The number of aryl methyl sites for hydroxylation is 2. The Labute approximate surface area is 128 Å². The van der Waals surface area contributed by atoms with E-state index in [4.69, 9.17) is 4.74 Å². The first kappa shape index (κ1) is 16.5. The third kappa shape index (κ3) is 3.00. The number of sulfonamides is 1. The zero-order valence-electron chi connectivity index (χ0n) is 13.7. The molecule has 1 aromatic rings. The molecule has 2 atom stereocenters. The van der Waals surface area contributed by atoms with Crippen molar-refractivity contribution < 1.29 is 13.2 Å². The van der Waals surface area contributed by atoms with E-state index in [1.54, 1.807) is 4.31 Å². The first-order valence-corrected chi connectivity index (χ1v) is 8.81. The predicted octanol–water partition coefficient (Wildman–Crippen LogP) is 2.72. The maximum absolute atomic E-state index is 13.1. The standard InChI is InChI=1S/C16H25NO3S/c1-10-7-11(2)15(6)16(14(10)5)21(18,19)17-8-12(3)20-13(4)9-17/h7,12-13H,8-9H2,1-6H3/t12-,13-/m0/s1. The highest BCUT2D eigenvalue weighted by atomic mass is 32.2. The molecule has 1 aliphatic heterocycles. The molecule has 5 heteroatoms. The van der Waals surface area contributed by atoms with Gasteiger partial charge >= 0.3 is 0 Å². The van der Waals surface area contributed by atoms with Gasteiger partial charge in [0, 0.05) is 13.1 Å². The third-order valence-corrected chi connectivity index (χ3v) is 6.39. The first-order valence-electron chi connectivity index (χ1n) is 7.37. The number of benzene rings is 1. The van der Waals surface area contributed by atoms with Gasteiger partial charge in [-0.2, -0.15) is 4.31 Å². The van der Waals surface area contributed by atoms with E-state index in [2.05, 4.69) is 0 Å². The lowest BCUT2D eigenvalue weighted by atomic mass is 10.0. The molecule has 0 aromatic heterocycles. The minimum absolute atomic E-state index is 0.0740. The van der Waals surface area contributed by atoms with E-state index in [1.807, 2.05) is 47.6 Å². The van der Waals surface area contributed by atoms with Crippen molar-refractivity contribution in [3.8, 4) is 0 Å². The SMILES string of the molecule is Cc1cc(C)c(C)c(S(=O)(=O)N2C[C@H](C)O[C@@H](C)C2)c1C. The van der Waals surface area contributed by atoms with Crippen LogP contribution in [0.15, 0.2) is 11.0 Å². The van der Waals surface area contributed by atoms with E-state index in [9.17, 15) is 8.42 Å². The maximum Gasteiger partial charge on any atom is 0.243 e. The van der Waals surface area contributed by atoms with Crippen molar-refractivity contribution in [2.24, 2.45) is 0 Å². The molecule has 0 spiro atoms. The van der Waals surface area contributed by atoms with Crippen molar-refractivity contribution in [3.63, 3.8) is 0 Å². The second-order valence-corrected chi connectivity index (χ2v) is 8.04. The van der Waals surface area contributed by atoms with E-state index in [1.165, 1.54) is 0 Å². The number of hydrogen-bond acceptors (Lipinski definition) is 3. The monoisotopic (exact) mass is 311 g/mol. The third-order valence-electron chi connectivity index (χ3n) is 4.28. The van der Waals surface area contributed by atoms with Crippen LogP contribution >= 0.6 is 0 Å². The first-order chi connectivity index (χ1) is 9.64. The number of ether oxygens (including phenoxy) is 1. The van der Waals surface area contributed by atoms with E-state index < -0.39 is 10.0 Å². The highest BCUT2D eigenvalue weighted by Crippen LogP contribution is 2.30. The average molecular weight is 311 g/mol. The summed E-state index contributed by atoms with van der Waals surface area (Å²) in [7, 11) is -3.48. The zero-order valence-corrected chi connectivity index (χ0v) is 14.5. The van der Waals surface area contributed by atoms with Gasteiger partial charge < -0.3 is 4.74 Å². The largest absolute Gasteiger partial charge is 0.373 e. The lowest BCUT2D eigenvalue weighted by Crippen LogP contribution is -2.48. The number of hydrogen-bond donors (Lipinski definition) is 0. The van der Waals surface area contributed by atoms with E-state index in [-0.39, 0.29) is 12.2 Å². The summed E-state index contributed by atoms with van der Waals surface area (Å²) in [6.07, 6.45) is -0.148. The van der Waals surface area contributed by atoms with Gasteiger partial charge in [-0.3, -0.25) is 0 Å². The topological polar surface area (TPSA) is 46.6 Å². The minimum atomic E-state index is -3.48. The summed E-state index contributed by atoms with van der Waals surface area (Å²) in [5.41, 5.74) is 3.74. The fourth-order valence-electron chi connectivity index (χ4n) is 3.02. The molecule has 2 rings (SSSR count). The van der Waals surface area contributed by atoms with Crippen LogP contribution in [0.3, 0.4) is 0 Å². The summed E-state index contributed by atoms with van der Waals surface area (Å²) in [5.74, 6) is 0. The molecule has 0 radical (unpaired) electrons. The molecule has 1 aliphatic rings. The van der Waals surface area contributed by atoms with Gasteiger partial charge in [0.05, 0.1) is 17.1 Å². The fourth-order valence-corrected chi connectivity index (χ4v) is 5.19. The normalized spacial score (nSPS) is 24.3. The number of nitrogens with zero attached hydrogens (tertiary/aromatic N) is 1. The molecule has 0 amide bonds. The second-order valence-electron chi connectivity index (χ2n) is 6.17. The lowest BCUT2D eigenvalue weighted by Gasteiger charge is -2.35. The van der Waals surface area contributed by atoms with Crippen LogP contribution in [-0.4, -0.2) is 38.0 Å². The summed E-state index contributed by atoms with van der Waals surface area (Å²) in [5, 5.41) is 0. The Balaban J connectivity index is 2.55. The van der Waals surface area contributed by atoms with Crippen LogP contribution in [-0.2, 0) is 14.8 Å². The van der Waals surface area contributed by atoms with Gasteiger partial charge in [-0.1, -0.05) is 6.07 Å². The Bertz CT molecular complexity index is 616. The number of morpholine rings is 1. The van der Waals surface area contributed by atoms with Crippen molar-refractivity contribution in [3.05, 3.63) is 28.3 Å². The molecule has 1 aromatic carbocycles. The van der Waals surface area contributed by atoms with Gasteiger partial charge in [0.1, 0.15) is 0 Å². The van der Waals surface area contributed by atoms with Crippen LogP contribution in [0.4, 0.5) is 0 Å². The Kier molecular flexibility index (Phi) is 4.47. The molecule has 1 saturated heterocycles.